The first-order valence-corrected chi connectivity index (χ1v) is 7.67. The van der Waals surface area contributed by atoms with Crippen molar-refractivity contribution < 1.29 is 19.0 Å². The van der Waals surface area contributed by atoms with Crippen LogP contribution in [0.3, 0.4) is 0 Å². The summed E-state index contributed by atoms with van der Waals surface area (Å²) in [5, 5.41) is 15.2. The van der Waals surface area contributed by atoms with Crippen LogP contribution in [0, 0.1) is 5.82 Å². The summed E-state index contributed by atoms with van der Waals surface area (Å²) in [5.74, 6) is 0.00504. The van der Waals surface area contributed by atoms with Crippen LogP contribution in [-0.4, -0.2) is 31.2 Å². The summed E-state index contributed by atoms with van der Waals surface area (Å²) in [6.07, 6.45) is 0.692. The number of nitrogens with one attached hydrogen (secondary N) is 2. The fourth-order valence-electron chi connectivity index (χ4n) is 2.21. The summed E-state index contributed by atoms with van der Waals surface area (Å²) in [7, 11) is 1.50. The highest BCUT2D eigenvalue weighted by molar-refractivity contribution is 5.77. The highest BCUT2D eigenvalue weighted by Crippen LogP contribution is 2.26. The molecule has 0 aliphatic rings. The van der Waals surface area contributed by atoms with Crippen LogP contribution in [0.25, 0.3) is 0 Å². The molecular formula is C18H21FN2O3. The number of rotatable bonds is 8. The maximum atomic E-state index is 13.4. The molecule has 0 saturated heterocycles. The molecule has 0 aromatic heterocycles. The van der Waals surface area contributed by atoms with Crippen LogP contribution in [0.15, 0.2) is 42.5 Å². The second kappa shape index (κ2) is 8.88. The van der Waals surface area contributed by atoms with Gasteiger partial charge in [0.15, 0.2) is 11.5 Å². The molecule has 0 unspecified atom stereocenters. The van der Waals surface area contributed by atoms with E-state index in [9.17, 15) is 14.3 Å². The van der Waals surface area contributed by atoms with E-state index in [2.05, 4.69) is 10.6 Å². The molecule has 0 heterocycles. The molecule has 0 aliphatic carbocycles. The number of ether oxygens (including phenoxy) is 1. The summed E-state index contributed by atoms with van der Waals surface area (Å²) in [5.41, 5.74) is 1.45. The van der Waals surface area contributed by atoms with Gasteiger partial charge in [0.05, 0.1) is 13.7 Å². The van der Waals surface area contributed by atoms with Crippen LogP contribution >= 0.6 is 0 Å². The fourth-order valence-corrected chi connectivity index (χ4v) is 2.21. The van der Waals surface area contributed by atoms with Gasteiger partial charge in [-0.1, -0.05) is 24.3 Å². The van der Waals surface area contributed by atoms with E-state index < -0.39 is 0 Å². The van der Waals surface area contributed by atoms with Crippen molar-refractivity contribution in [2.24, 2.45) is 0 Å². The van der Waals surface area contributed by atoms with Gasteiger partial charge in [-0.25, -0.2) is 4.39 Å². The molecule has 0 bridgehead atoms. The standard InChI is InChI=1S/C18H21FN2O3/c1-24-17-10-13(6-7-16(17)22)8-9-20-12-18(23)21-11-14-4-2-3-5-15(14)19/h2-7,10,20,22H,8-9,11-12H2,1H3,(H,21,23). The molecule has 128 valence electrons. The third-order valence-electron chi connectivity index (χ3n) is 3.55. The van der Waals surface area contributed by atoms with E-state index in [1.54, 1.807) is 36.4 Å². The van der Waals surface area contributed by atoms with Crippen molar-refractivity contribution in [1.82, 2.24) is 10.6 Å². The minimum atomic E-state index is -0.327. The Kier molecular flexibility index (Phi) is 6.57. The van der Waals surface area contributed by atoms with Crippen LogP contribution in [0.1, 0.15) is 11.1 Å². The monoisotopic (exact) mass is 332 g/mol. The van der Waals surface area contributed by atoms with E-state index in [0.29, 0.717) is 24.3 Å². The van der Waals surface area contributed by atoms with Gasteiger partial charge >= 0.3 is 0 Å². The van der Waals surface area contributed by atoms with Crippen molar-refractivity contribution in [2.45, 2.75) is 13.0 Å². The quantitative estimate of drug-likeness (QED) is 0.647. The van der Waals surface area contributed by atoms with Crippen molar-refractivity contribution in [3.63, 3.8) is 0 Å². The van der Waals surface area contributed by atoms with Crippen molar-refractivity contribution in [2.75, 3.05) is 20.2 Å². The number of benzene rings is 2. The number of hydrogen-bond donors (Lipinski definition) is 3. The van der Waals surface area contributed by atoms with Gasteiger partial charge in [0, 0.05) is 12.1 Å². The Morgan fingerprint density at radius 2 is 2.04 bits per heavy atom. The molecule has 0 spiro atoms. The molecule has 0 saturated carbocycles. The molecule has 2 rings (SSSR count). The lowest BCUT2D eigenvalue weighted by atomic mass is 10.1. The van der Waals surface area contributed by atoms with Crippen LogP contribution in [0.4, 0.5) is 4.39 Å². The largest absolute Gasteiger partial charge is 0.504 e. The number of hydrogen-bond acceptors (Lipinski definition) is 4. The van der Waals surface area contributed by atoms with Crippen LogP contribution < -0.4 is 15.4 Å². The van der Waals surface area contributed by atoms with E-state index in [-0.39, 0.29) is 30.6 Å². The fraction of sp³-hybridized carbons (Fsp3) is 0.278. The zero-order chi connectivity index (χ0) is 17.4. The Morgan fingerprint density at radius 1 is 1.25 bits per heavy atom. The molecule has 6 heteroatoms. The Bertz CT molecular complexity index is 692. The molecular weight excluding hydrogens is 311 g/mol. The first-order chi connectivity index (χ1) is 11.6. The summed E-state index contributed by atoms with van der Waals surface area (Å²) in [6, 6.07) is 11.5. The third-order valence-corrected chi connectivity index (χ3v) is 3.55. The maximum absolute atomic E-state index is 13.4. The van der Waals surface area contributed by atoms with Crippen LogP contribution in [0.2, 0.25) is 0 Å². The predicted molar refractivity (Wildman–Crippen MR) is 89.5 cm³/mol. The van der Waals surface area contributed by atoms with E-state index in [1.807, 2.05) is 0 Å². The van der Waals surface area contributed by atoms with E-state index in [4.69, 9.17) is 4.74 Å². The highest BCUT2D eigenvalue weighted by atomic mass is 19.1. The Balaban J connectivity index is 1.68. The Labute approximate surface area is 140 Å². The lowest BCUT2D eigenvalue weighted by molar-refractivity contribution is -0.120. The lowest BCUT2D eigenvalue weighted by Gasteiger charge is -2.09. The second-order valence-corrected chi connectivity index (χ2v) is 5.30. The van der Waals surface area contributed by atoms with Crippen molar-refractivity contribution in [1.29, 1.82) is 0 Å². The average molecular weight is 332 g/mol. The van der Waals surface area contributed by atoms with Gasteiger partial charge in [-0.3, -0.25) is 4.79 Å². The van der Waals surface area contributed by atoms with Gasteiger partial charge < -0.3 is 20.5 Å². The molecule has 0 fully saturated rings. The minimum Gasteiger partial charge on any atom is -0.504 e. The summed E-state index contributed by atoms with van der Waals surface area (Å²) in [4.78, 5) is 11.7. The Morgan fingerprint density at radius 3 is 2.79 bits per heavy atom. The molecule has 3 N–H and O–H groups in total. The smallest absolute Gasteiger partial charge is 0.234 e. The third kappa shape index (κ3) is 5.24. The molecule has 0 aliphatic heterocycles. The minimum absolute atomic E-state index is 0.0988. The number of amides is 1. The van der Waals surface area contributed by atoms with Crippen LogP contribution in [-0.2, 0) is 17.8 Å². The van der Waals surface area contributed by atoms with Gasteiger partial charge in [-0.05, 0) is 36.7 Å². The molecule has 2 aromatic rings. The number of carbonyl (C=O) groups excluding carboxylic acids is 1. The number of halogens is 1. The predicted octanol–water partition coefficient (Wildman–Crippen LogP) is 1.99. The number of aromatic hydroxyl groups is 1. The average Bonchev–Trinajstić information content (AvgIpc) is 2.59. The Hall–Kier alpha value is -2.60. The topological polar surface area (TPSA) is 70.6 Å². The van der Waals surface area contributed by atoms with Crippen LogP contribution in [0.5, 0.6) is 11.5 Å². The lowest BCUT2D eigenvalue weighted by Crippen LogP contribution is -2.34. The zero-order valence-electron chi connectivity index (χ0n) is 13.5. The molecule has 0 atom stereocenters. The van der Waals surface area contributed by atoms with Crippen molar-refractivity contribution in [3.05, 3.63) is 59.4 Å². The van der Waals surface area contributed by atoms with Gasteiger partial charge in [-0.15, -0.1) is 0 Å². The van der Waals surface area contributed by atoms with Gasteiger partial charge in [0.2, 0.25) is 5.91 Å². The number of methoxy groups -OCH3 is 1. The molecule has 2 aromatic carbocycles. The zero-order valence-corrected chi connectivity index (χ0v) is 13.5. The number of phenols is 1. The first kappa shape index (κ1) is 17.7. The highest BCUT2D eigenvalue weighted by Gasteiger charge is 2.05. The van der Waals surface area contributed by atoms with E-state index >= 15 is 0 Å². The second-order valence-electron chi connectivity index (χ2n) is 5.30. The molecule has 1 amide bonds. The first-order valence-electron chi connectivity index (χ1n) is 7.67. The normalized spacial score (nSPS) is 10.4. The number of phenolic OH excluding ortho intramolecular Hbond substituents is 1. The van der Waals surface area contributed by atoms with Crippen molar-refractivity contribution in [3.8, 4) is 11.5 Å². The molecule has 5 nitrogen and oxygen atoms in total. The maximum Gasteiger partial charge on any atom is 0.234 e. The summed E-state index contributed by atoms with van der Waals surface area (Å²) >= 11 is 0. The van der Waals surface area contributed by atoms with Gasteiger partial charge in [0.1, 0.15) is 5.82 Å². The van der Waals surface area contributed by atoms with E-state index in [0.717, 1.165) is 5.56 Å². The molecule has 24 heavy (non-hydrogen) atoms. The van der Waals surface area contributed by atoms with Gasteiger partial charge in [-0.2, -0.15) is 0 Å². The van der Waals surface area contributed by atoms with E-state index in [1.165, 1.54) is 13.2 Å². The van der Waals surface area contributed by atoms with Crippen molar-refractivity contribution >= 4 is 5.91 Å². The summed E-state index contributed by atoms with van der Waals surface area (Å²) in [6.45, 7) is 0.924. The SMILES string of the molecule is COc1cc(CCNCC(=O)NCc2ccccc2F)ccc1O. The summed E-state index contributed by atoms with van der Waals surface area (Å²) < 4.78 is 18.5. The number of carbonyl (C=O) groups is 1. The molecule has 0 radical (unpaired) electrons. The van der Waals surface area contributed by atoms with Gasteiger partial charge in [0.25, 0.3) is 0 Å².